The van der Waals surface area contributed by atoms with Crippen LogP contribution in [0.2, 0.25) is 0 Å². The van der Waals surface area contributed by atoms with Crippen LogP contribution in [-0.2, 0) is 11.2 Å². The van der Waals surface area contributed by atoms with Gasteiger partial charge in [-0.2, -0.15) is 0 Å². The number of pyridine rings is 1. The number of nitrogens with one attached hydrogen (secondary N) is 1. The van der Waals surface area contributed by atoms with Gasteiger partial charge in [0.05, 0.1) is 6.42 Å². The number of nitrogens with two attached hydrogens (primary N) is 1. The van der Waals surface area contributed by atoms with Crippen LogP contribution in [-0.4, -0.2) is 10.9 Å². The fraction of sp³-hybridized carbons (Fsp3) is 0.143. The van der Waals surface area contributed by atoms with E-state index in [0.717, 1.165) is 5.56 Å². The topological polar surface area (TPSA) is 68.0 Å². The third kappa shape index (κ3) is 3.32. The van der Waals surface area contributed by atoms with E-state index in [1.54, 1.807) is 18.5 Å². The molecule has 0 radical (unpaired) electrons. The molecule has 0 saturated heterocycles. The predicted octanol–water partition coefficient (Wildman–Crippen LogP) is -3.38. The van der Waals surface area contributed by atoms with Crippen molar-refractivity contribution in [3.63, 3.8) is 0 Å². The second kappa shape index (κ2) is 5.51. The Morgan fingerprint density at radius 1 is 1.67 bits per heavy atom. The summed E-state index contributed by atoms with van der Waals surface area (Å²) < 4.78 is 0. The first-order valence-electron chi connectivity index (χ1n) is 3.21. The molecule has 0 aliphatic heterocycles. The molecule has 0 unspecified atom stereocenters. The Balaban J connectivity index is 0.00000121. The molecule has 0 atom stereocenters. The predicted molar refractivity (Wildman–Crippen MR) is 40.3 cm³/mol. The third-order valence-electron chi connectivity index (χ3n) is 1.25. The summed E-state index contributed by atoms with van der Waals surface area (Å²) >= 11 is 0. The molecular formula is C7H9ClN3O-. The summed E-state index contributed by atoms with van der Waals surface area (Å²) in [7, 11) is 0. The number of carbonyl (C=O) groups is 1. The normalized spacial score (nSPS) is 8.42. The summed E-state index contributed by atoms with van der Waals surface area (Å²) in [5, 5.41) is 0. The van der Waals surface area contributed by atoms with Crippen LogP contribution in [0.5, 0.6) is 0 Å². The minimum atomic E-state index is -0.210. The number of carbonyl (C=O) groups excluding carboxylic acids is 1. The molecule has 0 aromatic carbocycles. The van der Waals surface area contributed by atoms with Crippen molar-refractivity contribution in [1.29, 1.82) is 0 Å². The Morgan fingerprint density at radius 3 is 2.92 bits per heavy atom. The Labute approximate surface area is 76.6 Å². The molecule has 0 aliphatic rings. The fourth-order valence-electron chi connectivity index (χ4n) is 0.739. The zero-order valence-electron chi connectivity index (χ0n) is 6.33. The zero-order chi connectivity index (χ0) is 8.10. The van der Waals surface area contributed by atoms with Gasteiger partial charge in [-0.15, -0.1) is 0 Å². The molecule has 0 aliphatic carbocycles. The van der Waals surface area contributed by atoms with Crippen LogP contribution in [0.3, 0.4) is 0 Å². The average Bonchev–Trinajstić information content (AvgIpc) is 2.06. The molecule has 0 spiro atoms. The summed E-state index contributed by atoms with van der Waals surface area (Å²) in [6.07, 6.45) is 3.57. The van der Waals surface area contributed by atoms with Crippen LogP contribution in [0.15, 0.2) is 24.5 Å². The van der Waals surface area contributed by atoms with Gasteiger partial charge in [0.1, 0.15) is 0 Å². The van der Waals surface area contributed by atoms with Crippen molar-refractivity contribution in [3.8, 4) is 0 Å². The number of hydrogen-bond donors (Lipinski definition) is 2. The highest BCUT2D eigenvalue weighted by atomic mass is 35.5. The summed E-state index contributed by atoms with van der Waals surface area (Å²) in [5.41, 5.74) is 2.90. The molecule has 1 rings (SSSR count). The number of hydrazine groups is 1. The number of hydrogen-bond acceptors (Lipinski definition) is 3. The minimum absolute atomic E-state index is 0. The lowest BCUT2D eigenvalue weighted by Crippen LogP contribution is -3.00. The number of rotatable bonds is 2. The quantitative estimate of drug-likeness (QED) is 0.288. The van der Waals surface area contributed by atoms with Crippen LogP contribution >= 0.6 is 0 Å². The molecule has 66 valence electrons. The van der Waals surface area contributed by atoms with Gasteiger partial charge in [-0.25, -0.2) is 5.84 Å². The first kappa shape index (κ1) is 10.9. The highest BCUT2D eigenvalue weighted by Crippen LogP contribution is 1.95. The average molecular weight is 187 g/mol. The maximum absolute atomic E-state index is 10.7. The van der Waals surface area contributed by atoms with E-state index in [1.165, 1.54) is 0 Å². The monoisotopic (exact) mass is 186 g/mol. The van der Waals surface area contributed by atoms with Gasteiger partial charge in [0.2, 0.25) is 5.91 Å². The molecule has 1 amide bonds. The Kier molecular flexibility index (Phi) is 4.99. The lowest BCUT2D eigenvalue weighted by Gasteiger charge is -1.97. The van der Waals surface area contributed by atoms with Gasteiger partial charge < -0.3 is 12.4 Å². The second-order valence-corrected chi connectivity index (χ2v) is 2.11. The van der Waals surface area contributed by atoms with E-state index in [0.29, 0.717) is 0 Å². The Hall–Kier alpha value is -1.13. The van der Waals surface area contributed by atoms with E-state index >= 15 is 0 Å². The molecule has 1 aromatic rings. The van der Waals surface area contributed by atoms with Gasteiger partial charge >= 0.3 is 0 Å². The van der Waals surface area contributed by atoms with E-state index < -0.39 is 0 Å². The number of amides is 1. The van der Waals surface area contributed by atoms with E-state index in [9.17, 15) is 4.79 Å². The first-order valence-corrected chi connectivity index (χ1v) is 3.21. The van der Waals surface area contributed by atoms with E-state index in [-0.39, 0.29) is 24.7 Å². The SMILES string of the molecule is NNC(=O)Cc1cccnc1.[Cl-]. The van der Waals surface area contributed by atoms with Crippen molar-refractivity contribution in [2.24, 2.45) is 5.84 Å². The van der Waals surface area contributed by atoms with Gasteiger partial charge in [-0.05, 0) is 11.6 Å². The van der Waals surface area contributed by atoms with Gasteiger partial charge in [0.25, 0.3) is 0 Å². The Bertz CT molecular complexity index is 240. The van der Waals surface area contributed by atoms with Gasteiger partial charge in [-0.3, -0.25) is 15.2 Å². The molecule has 0 bridgehead atoms. The van der Waals surface area contributed by atoms with Crippen molar-refractivity contribution in [3.05, 3.63) is 30.1 Å². The van der Waals surface area contributed by atoms with Crippen LogP contribution in [0.4, 0.5) is 0 Å². The van der Waals surface area contributed by atoms with Crippen LogP contribution < -0.4 is 23.7 Å². The first-order chi connectivity index (χ1) is 5.33. The van der Waals surface area contributed by atoms with Crippen molar-refractivity contribution < 1.29 is 17.2 Å². The molecule has 1 aromatic heterocycles. The molecule has 3 N–H and O–H groups in total. The molecule has 4 nitrogen and oxygen atoms in total. The fourth-order valence-corrected chi connectivity index (χ4v) is 0.739. The molecule has 12 heavy (non-hydrogen) atoms. The molecule has 0 fully saturated rings. The summed E-state index contributed by atoms with van der Waals surface area (Å²) in [6.45, 7) is 0. The summed E-state index contributed by atoms with van der Waals surface area (Å²) in [4.78, 5) is 14.6. The zero-order valence-corrected chi connectivity index (χ0v) is 7.08. The summed E-state index contributed by atoms with van der Waals surface area (Å²) in [5.74, 6) is 4.69. The highest BCUT2D eigenvalue weighted by Gasteiger charge is 1.98. The Morgan fingerprint density at radius 2 is 2.42 bits per heavy atom. The van der Waals surface area contributed by atoms with E-state index in [1.807, 2.05) is 11.5 Å². The van der Waals surface area contributed by atoms with Gasteiger partial charge in [-0.1, -0.05) is 6.07 Å². The van der Waals surface area contributed by atoms with Crippen molar-refractivity contribution in [2.45, 2.75) is 6.42 Å². The smallest absolute Gasteiger partial charge is 0.238 e. The van der Waals surface area contributed by atoms with E-state index in [4.69, 9.17) is 5.84 Å². The number of nitrogens with zero attached hydrogens (tertiary/aromatic N) is 1. The maximum atomic E-state index is 10.7. The van der Waals surface area contributed by atoms with Crippen LogP contribution in [0.1, 0.15) is 5.56 Å². The van der Waals surface area contributed by atoms with Crippen LogP contribution in [0, 0.1) is 0 Å². The van der Waals surface area contributed by atoms with Gasteiger partial charge in [0, 0.05) is 12.4 Å². The largest absolute Gasteiger partial charge is 1.00 e. The summed E-state index contributed by atoms with van der Waals surface area (Å²) in [6, 6.07) is 3.60. The third-order valence-corrected chi connectivity index (χ3v) is 1.25. The van der Waals surface area contributed by atoms with E-state index in [2.05, 4.69) is 4.98 Å². The highest BCUT2D eigenvalue weighted by molar-refractivity contribution is 5.77. The van der Waals surface area contributed by atoms with Crippen molar-refractivity contribution in [2.75, 3.05) is 0 Å². The lowest BCUT2D eigenvalue weighted by molar-refractivity contribution is -0.120. The van der Waals surface area contributed by atoms with Gasteiger partial charge in [0.15, 0.2) is 0 Å². The molecule has 0 saturated carbocycles. The number of aromatic nitrogens is 1. The van der Waals surface area contributed by atoms with Crippen molar-refractivity contribution >= 4 is 5.91 Å². The molecule has 5 heteroatoms. The molecule has 1 heterocycles. The maximum Gasteiger partial charge on any atom is 0.238 e. The van der Waals surface area contributed by atoms with Crippen LogP contribution in [0.25, 0.3) is 0 Å². The second-order valence-electron chi connectivity index (χ2n) is 2.11. The molecular weight excluding hydrogens is 178 g/mol. The minimum Gasteiger partial charge on any atom is -1.00 e. The van der Waals surface area contributed by atoms with Crippen molar-refractivity contribution in [1.82, 2.24) is 10.4 Å². The standard InChI is InChI=1S/C7H9N3O.ClH/c8-10-7(11)4-6-2-1-3-9-5-6;/h1-3,5H,4,8H2,(H,10,11);1H/p-1. The lowest BCUT2D eigenvalue weighted by atomic mass is 10.2. The number of halogens is 1.